The van der Waals surface area contributed by atoms with Gasteiger partial charge in [0.15, 0.2) is 11.5 Å². The fourth-order valence-electron chi connectivity index (χ4n) is 2.06. The number of fused-ring (bicyclic) bond motifs is 1. The molecule has 6 nitrogen and oxygen atoms in total. The molecule has 0 atom stereocenters. The number of primary amides is 1. The van der Waals surface area contributed by atoms with Crippen molar-refractivity contribution in [1.29, 1.82) is 0 Å². The van der Waals surface area contributed by atoms with Crippen LogP contribution in [0.5, 0.6) is 11.5 Å². The van der Waals surface area contributed by atoms with Crippen molar-refractivity contribution in [2.75, 3.05) is 30.4 Å². The Labute approximate surface area is 112 Å². The molecule has 6 heteroatoms. The molecule has 1 aromatic rings. The van der Waals surface area contributed by atoms with E-state index in [9.17, 15) is 4.79 Å². The number of hydrogen-bond acceptors (Lipinski definition) is 5. The van der Waals surface area contributed by atoms with E-state index in [0.717, 1.165) is 5.69 Å². The Balaban J connectivity index is 2.38. The van der Waals surface area contributed by atoms with Crippen LogP contribution in [0.4, 0.5) is 11.4 Å². The van der Waals surface area contributed by atoms with Gasteiger partial charge in [-0.05, 0) is 13.8 Å². The summed E-state index contributed by atoms with van der Waals surface area (Å²) in [4.78, 5) is 13.0. The Hall–Kier alpha value is -2.11. The lowest BCUT2D eigenvalue weighted by atomic mass is 10.1. The maximum absolute atomic E-state index is 11.2. The predicted octanol–water partition coefficient (Wildman–Crippen LogP) is 0.740. The summed E-state index contributed by atoms with van der Waals surface area (Å²) in [5, 5.41) is 0. The second-order valence-electron chi connectivity index (χ2n) is 4.74. The van der Waals surface area contributed by atoms with Crippen molar-refractivity contribution in [1.82, 2.24) is 0 Å². The third kappa shape index (κ3) is 2.83. The lowest BCUT2D eigenvalue weighted by Crippen LogP contribution is -2.39. The summed E-state index contributed by atoms with van der Waals surface area (Å²) in [6.07, 6.45) is 0. The number of benzene rings is 1. The SMILES string of the molecule is CC(C)N(CC(N)=O)c1cc2c(cc1N)OCCO2. The molecule has 0 saturated heterocycles. The number of ether oxygens (including phenoxy) is 2. The smallest absolute Gasteiger partial charge is 0.236 e. The highest BCUT2D eigenvalue weighted by atomic mass is 16.6. The minimum Gasteiger partial charge on any atom is -0.486 e. The summed E-state index contributed by atoms with van der Waals surface area (Å²) in [7, 11) is 0. The van der Waals surface area contributed by atoms with Crippen LogP contribution >= 0.6 is 0 Å². The Morgan fingerprint density at radius 3 is 2.42 bits per heavy atom. The van der Waals surface area contributed by atoms with Crippen molar-refractivity contribution in [3.63, 3.8) is 0 Å². The minimum atomic E-state index is -0.400. The summed E-state index contributed by atoms with van der Waals surface area (Å²) < 4.78 is 11.0. The molecule has 0 saturated carbocycles. The van der Waals surface area contributed by atoms with Gasteiger partial charge in [-0.1, -0.05) is 0 Å². The molecule has 1 aromatic carbocycles. The average molecular weight is 265 g/mol. The van der Waals surface area contributed by atoms with Gasteiger partial charge in [-0.2, -0.15) is 0 Å². The standard InChI is InChI=1S/C13H19N3O3/c1-8(2)16(7-13(15)17)10-6-12-11(5-9(10)14)18-3-4-19-12/h5-6,8H,3-4,7,14H2,1-2H3,(H2,15,17). The summed E-state index contributed by atoms with van der Waals surface area (Å²) in [5.41, 5.74) is 12.6. The molecule has 0 spiro atoms. The molecule has 0 radical (unpaired) electrons. The van der Waals surface area contributed by atoms with Crippen molar-refractivity contribution in [3.8, 4) is 11.5 Å². The van der Waals surface area contributed by atoms with Crippen LogP contribution in [-0.4, -0.2) is 31.7 Å². The highest BCUT2D eigenvalue weighted by Gasteiger charge is 2.20. The zero-order valence-electron chi connectivity index (χ0n) is 11.2. The van der Waals surface area contributed by atoms with E-state index in [4.69, 9.17) is 20.9 Å². The summed E-state index contributed by atoms with van der Waals surface area (Å²) in [6.45, 7) is 5.08. The van der Waals surface area contributed by atoms with E-state index in [2.05, 4.69) is 0 Å². The van der Waals surface area contributed by atoms with Crippen LogP contribution < -0.4 is 25.8 Å². The summed E-state index contributed by atoms with van der Waals surface area (Å²) in [5.74, 6) is 0.879. The van der Waals surface area contributed by atoms with Crippen molar-refractivity contribution in [2.45, 2.75) is 19.9 Å². The van der Waals surface area contributed by atoms with Crippen molar-refractivity contribution in [3.05, 3.63) is 12.1 Å². The molecule has 1 amide bonds. The fourth-order valence-corrected chi connectivity index (χ4v) is 2.06. The van der Waals surface area contributed by atoms with Crippen molar-refractivity contribution >= 4 is 17.3 Å². The number of anilines is 2. The highest BCUT2D eigenvalue weighted by Crippen LogP contribution is 2.39. The molecule has 4 N–H and O–H groups in total. The third-order valence-electron chi connectivity index (χ3n) is 2.95. The summed E-state index contributed by atoms with van der Waals surface area (Å²) in [6, 6.07) is 3.62. The minimum absolute atomic E-state index is 0.0948. The lowest BCUT2D eigenvalue weighted by molar-refractivity contribution is -0.116. The van der Waals surface area contributed by atoms with Crippen molar-refractivity contribution in [2.24, 2.45) is 5.73 Å². The van der Waals surface area contributed by atoms with Gasteiger partial charge in [0.2, 0.25) is 5.91 Å². The van der Waals surface area contributed by atoms with E-state index in [1.165, 1.54) is 0 Å². The molecule has 19 heavy (non-hydrogen) atoms. The molecule has 104 valence electrons. The average Bonchev–Trinajstić information content (AvgIpc) is 2.35. The van der Waals surface area contributed by atoms with E-state index in [1.54, 1.807) is 12.1 Å². The van der Waals surface area contributed by atoms with Gasteiger partial charge in [0.25, 0.3) is 0 Å². The van der Waals surface area contributed by atoms with Crippen LogP contribution in [0.15, 0.2) is 12.1 Å². The normalized spacial score (nSPS) is 13.4. The Bertz CT molecular complexity index is 488. The van der Waals surface area contributed by atoms with Gasteiger partial charge in [0, 0.05) is 18.2 Å². The number of amides is 1. The molecule has 0 aromatic heterocycles. The largest absolute Gasteiger partial charge is 0.486 e. The van der Waals surface area contributed by atoms with Crippen LogP contribution in [0.3, 0.4) is 0 Å². The second-order valence-corrected chi connectivity index (χ2v) is 4.74. The second kappa shape index (κ2) is 5.26. The van der Waals surface area contributed by atoms with E-state index in [-0.39, 0.29) is 12.6 Å². The van der Waals surface area contributed by atoms with Gasteiger partial charge in [-0.3, -0.25) is 4.79 Å². The lowest BCUT2D eigenvalue weighted by Gasteiger charge is -2.30. The van der Waals surface area contributed by atoms with Crippen LogP contribution in [0.1, 0.15) is 13.8 Å². The number of nitrogens with two attached hydrogens (primary N) is 2. The number of hydrogen-bond donors (Lipinski definition) is 2. The number of carbonyl (C=O) groups excluding carboxylic acids is 1. The van der Waals surface area contributed by atoms with Gasteiger partial charge >= 0.3 is 0 Å². The molecule has 2 rings (SSSR count). The third-order valence-corrected chi connectivity index (χ3v) is 2.95. The first kappa shape index (κ1) is 13.3. The summed E-state index contributed by atoms with van der Waals surface area (Å²) >= 11 is 0. The van der Waals surface area contributed by atoms with Crippen molar-refractivity contribution < 1.29 is 14.3 Å². The van der Waals surface area contributed by atoms with Gasteiger partial charge in [0.1, 0.15) is 13.2 Å². The quantitative estimate of drug-likeness (QED) is 0.783. The number of nitrogen functional groups attached to an aromatic ring is 1. The Morgan fingerprint density at radius 2 is 1.89 bits per heavy atom. The molecular formula is C13H19N3O3. The van der Waals surface area contributed by atoms with Gasteiger partial charge in [0.05, 0.1) is 17.9 Å². The van der Waals surface area contributed by atoms with Gasteiger partial charge in [-0.25, -0.2) is 0 Å². The molecular weight excluding hydrogens is 246 g/mol. The first-order valence-corrected chi connectivity index (χ1v) is 6.23. The highest BCUT2D eigenvalue weighted by molar-refractivity contribution is 5.83. The fraction of sp³-hybridized carbons (Fsp3) is 0.462. The molecule has 0 unspecified atom stereocenters. The molecule has 0 fully saturated rings. The molecule has 1 aliphatic heterocycles. The van der Waals surface area contributed by atoms with Crippen LogP contribution in [0.25, 0.3) is 0 Å². The maximum atomic E-state index is 11.2. The molecule has 1 aliphatic rings. The van der Waals surface area contributed by atoms with Crippen LogP contribution in [0.2, 0.25) is 0 Å². The molecule has 0 aliphatic carbocycles. The number of carbonyl (C=O) groups is 1. The zero-order valence-corrected chi connectivity index (χ0v) is 11.2. The monoisotopic (exact) mass is 265 g/mol. The van der Waals surface area contributed by atoms with E-state index in [0.29, 0.717) is 30.4 Å². The molecule has 0 bridgehead atoms. The zero-order chi connectivity index (χ0) is 14.0. The van der Waals surface area contributed by atoms with E-state index >= 15 is 0 Å². The first-order chi connectivity index (χ1) is 8.99. The van der Waals surface area contributed by atoms with Crippen LogP contribution in [-0.2, 0) is 4.79 Å². The van der Waals surface area contributed by atoms with Gasteiger partial charge < -0.3 is 25.8 Å². The first-order valence-electron chi connectivity index (χ1n) is 6.23. The topological polar surface area (TPSA) is 90.8 Å². The van der Waals surface area contributed by atoms with E-state index < -0.39 is 5.91 Å². The Morgan fingerprint density at radius 1 is 1.32 bits per heavy atom. The number of nitrogens with zero attached hydrogens (tertiary/aromatic N) is 1. The molecule has 1 heterocycles. The number of rotatable bonds is 4. The van der Waals surface area contributed by atoms with Crippen LogP contribution in [0, 0.1) is 0 Å². The Kier molecular flexibility index (Phi) is 3.69. The predicted molar refractivity (Wildman–Crippen MR) is 73.5 cm³/mol. The van der Waals surface area contributed by atoms with Gasteiger partial charge in [-0.15, -0.1) is 0 Å². The van der Waals surface area contributed by atoms with E-state index in [1.807, 2.05) is 18.7 Å². The maximum Gasteiger partial charge on any atom is 0.236 e.